The lowest BCUT2D eigenvalue weighted by Crippen LogP contribution is -2.28. The van der Waals surface area contributed by atoms with E-state index in [0.29, 0.717) is 15.6 Å². The van der Waals surface area contributed by atoms with Crippen LogP contribution in [0.2, 0.25) is 15.1 Å². The van der Waals surface area contributed by atoms with Crippen LogP contribution in [0.3, 0.4) is 0 Å². The van der Waals surface area contributed by atoms with E-state index < -0.39 is 41.0 Å². The number of amides is 2. The van der Waals surface area contributed by atoms with Gasteiger partial charge in [-0.15, -0.1) is 23.2 Å². The van der Waals surface area contributed by atoms with Crippen molar-refractivity contribution in [3.8, 4) is 0 Å². The molecule has 11 heteroatoms. The molecule has 0 bridgehead atoms. The van der Waals surface area contributed by atoms with E-state index in [1.165, 1.54) is 18.2 Å². The molecule has 1 aliphatic rings. The predicted octanol–water partition coefficient (Wildman–Crippen LogP) is 6.17. The van der Waals surface area contributed by atoms with Crippen molar-refractivity contribution in [2.45, 2.75) is 16.7 Å². The maximum absolute atomic E-state index is 12.7. The number of halogens is 7. The molecular weight excluding hydrogens is 503 g/mol. The van der Waals surface area contributed by atoms with Crippen molar-refractivity contribution < 1.29 is 18.4 Å². The second-order valence-electron chi connectivity index (χ2n) is 6.62. The number of carbonyl (C=O) groups excluding carboxylic acids is 2. The Bertz CT molecular complexity index is 983. The van der Waals surface area contributed by atoms with Crippen molar-refractivity contribution in [2.75, 3.05) is 11.9 Å². The predicted molar refractivity (Wildman–Crippen MR) is 116 cm³/mol. The van der Waals surface area contributed by atoms with E-state index in [1.54, 1.807) is 18.2 Å². The van der Waals surface area contributed by atoms with E-state index in [2.05, 4.69) is 10.6 Å². The zero-order valence-electron chi connectivity index (χ0n) is 14.9. The summed E-state index contributed by atoms with van der Waals surface area (Å²) in [6.07, 6.45) is -2.71. The van der Waals surface area contributed by atoms with E-state index >= 15 is 0 Å². The molecule has 2 N–H and O–H groups in total. The van der Waals surface area contributed by atoms with Gasteiger partial charge in [0.05, 0.1) is 23.0 Å². The average Bonchev–Trinajstić information content (AvgIpc) is 3.22. The van der Waals surface area contributed by atoms with Gasteiger partial charge in [-0.1, -0.05) is 34.8 Å². The lowest BCUT2D eigenvalue weighted by Gasteiger charge is -2.10. The fourth-order valence-corrected chi connectivity index (χ4v) is 4.66. The second kappa shape index (κ2) is 9.05. The first-order valence-corrected chi connectivity index (χ1v) is 10.4. The molecule has 0 aliphatic heterocycles. The van der Waals surface area contributed by atoms with Crippen LogP contribution in [0.5, 0.6) is 0 Å². The Morgan fingerprint density at radius 3 is 2.27 bits per heavy atom. The summed E-state index contributed by atoms with van der Waals surface area (Å²) < 4.78 is 23.3. The van der Waals surface area contributed by atoms with Crippen LogP contribution in [-0.2, 0) is 4.79 Å². The minimum atomic E-state index is -2.71. The highest BCUT2D eigenvalue weighted by molar-refractivity contribution is 6.53. The third-order valence-electron chi connectivity index (χ3n) is 4.48. The Hall–Kier alpha value is -1.31. The standard InChI is InChI=1S/C19H13Cl5F2N2O2/c20-9-3-8(4-10(21)5-9)15-16(19(15,23)24)18(30)28-11-1-2-13(22)12(6-11)17(29)27-7-14(25)26/h1-6,14-16H,7H2,(H,27,29)(H,28,30)/t15-,16+/m1/s1. The van der Waals surface area contributed by atoms with Crippen molar-refractivity contribution in [3.63, 3.8) is 0 Å². The molecule has 0 heterocycles. The largest absolute Gasteiger partial charge is 0.346 e. The van der Waals surface area contributed by atoms with Gasteiger partial charge in [0.1, 0.15) is 4.33 Å². The molecule has 2 aromatic carbocycles. The van der Waals surface area contributed by atoms with Crippen LogP contribution < -0.4 is 10.6 Å². The fourth-order valence-electron chi connectivity index (χ4n) is 3.08. The molecule has 1 aliphatic carbocycles. The maximum atomic E-state index is 12.7. The van der Waals surface area contributed by atoms with E-state index in [9.17, 15) is 18.4 Å². The van der Waals surface area contributed by atoms with Gasteiger partial charge in [-0.2, -0.15) is 0 Å². The number of nitrogens with one attached hydrogen (secondary N) is 2. The SMILES string of the molecule is O=C(NCC(F)F)c1cc(NC(=O)[C@@H]2[C@@H](c3cc(Cl)cc(Cl)c3)C2(Cl)Cl)ccc1Cl. The molecule has 30 heavy (non-hydrogen) atoms. The zero-order chi connectivity index (χ0) is 22.2. The summed E-state index contributed by atoms with van der Waals surface area (Å²) in [6, 6.07) is 8.89. The Kier molecular flexibility index (Phi) is 7.04. The highest BCUT2D eigenvalue weighted by Gasteiger charge is 2.67. The maximum Gasteiger partial charge on any atom is 0.255 e. The number of hydrogen-bond acceptors (Lipinski definition) is 2. The Balaban J connectivity index is 1.76. The quantitative estimate of drug-likeness (QED) is 0.452. The summed E-state index contributed by atoms with van der Waals surface area (Å²) in [5, 5.41) is 5.47. The third kappa shape index (κ3) is 5.11. The summed E-state index contributed by atoms with van der Waals surface area (Å²) in [7, 11) is 0. The van der Waals surface area contributed by atoms with Crippen LogP contribution >= 0.6 is 58.0 Å². The fraction of sp³-hybridized carbons (Fsp3) is 0.263. The normalized spacial score (nSPS) is 19.5. The number of benzene rings is 2. The van der Waals surface area contributed by atoms with Gasteiger partial charge in [-0.05, 0) is 42.0 Å². The minimum absolute atomic E-state index is 0.0432. The number of carbonyl (C=O) groups is 2. The first kappa shape index (κ1) is 23.4. The van der Waals surface area contributed by atoms with E-state index in [0.717, 1.165) is 0 Å². The molecule has 3 rings (SSSR count). The van der Waals surface area contributed by atoms with Crippen molar-refractivity contribution in [1.82, 2.24) is 5.32 Å². The first-order chi connectivity index (χ1) is 14.0. The number of alkyl halides is 4. The summed E-state index contributed by atoms with van der Waals surface area (Å²) in [5.41, 5.74) is 0.776. The summed E-state index contributed by atoms with van der Waals surface area (Å²) >= 11 is 30.6. The molecule has 4 nitrogen and oxygen atoms in total. The van der Waals surface area contributed by atoms with Crippen LogP contribution in [0.15, 0.2) is 36.4 Å². The van der Waals surface area contributed by atoms with Crippen LogP contribution in [0.4, 0.5) is 14.5 Å². The van der Waals surface area contributed by atoms with E-state index in [4.69, 9.17) is 58.0 Å². The molecule has 2 aromatic rings. The number of rotatable bonds is 6. The number of hydrogen-bond donors (Lipinski definition) is 2. The Morgan fingerprint density at radius 1 is 1.03 bits per heavy atom. The molecule has 2 atom stereocenters. The molecule has 0 aromatic heterocycles. The van der Waals surface area contributed by atoms with Gasteiger partial charge in [0, 0.05) is 21.7 Å². The van der Waals surface area contributed by atoms with Gasteiger partial charge in [0.25, 0.3) is 12.3 Å². The average molecular weight is 517 g/mol. The van der Waals surface area contributed by atoms with Gasteiger partial charge in [0.2, 0.25) is 5.91 Å². The molecule has 0 spiro atoms. The highest BCUT2D eigenvalue weighted by atomic mass is 35.5. The number of anilines is 1. The summed E-state index contributed by atoms with van der Waals surface area (Å²) in [4.78, 5) is 24.8. The van der Waals surface area contributed by atoms with Crippen LogP contribution in [0, 0.1) is 5.92 Å². The Labute approximate surface area is 195 Å². The van der Waals surface area contributed by atoms with Crippen molar-refractivity contribution in [3.05, 3.63) is 62.6 Å². The lowest BCUT2D eigenvalue weighted by atomic mass is 10.1. The first-order valence-electron chi connectivity index (χ1n) is 8.51. The topological polar surface area (TPSA) is 58.2 Å². The van der Waals surface area contributed by atoms with Crippen LogP contribution in [-0.4, -0.2) is 29.1 Å². The van der Waals surface area contributed by atoms with Gasteiger partial charge < -0.3 is 10.6 Å². The zero-order valence-corrected chi connectivity index (χ0v) is 18.6. The van der Waals surface area contributed by atoms with Crippen LogP contribution in [0.25, 0.3) is 0 Å². The lowest BCUT2D eigenvalue weighted by molar-refractivity contribution is -0.117. The molecule has 1 fully saturated rings. The molecule has 0 unspecified atom stereocenters. The monoisotopic (exact) mass is 514 g/mol. The summed E-state index contributed by atoms with van der Waals surface area (Å²) in [5.74, 6) is -2.64. The van der Waals surface area contributed by atoms with Crippen molar-refractivity contribution >= 4 is 75.5 Å². The van der Waals surface area contributed by atoms with Gasteiger partial charge in [-0.3, -0.25) is 9.59 Å². The molecule has 0 saturated heterocycles. The third-order valence-corrected chi connectivity index (χ3v) is 6.18. The van der Waals surface area contributed by atoms with Crippen LogP contribution in [0.1, 0.15) is 21.8 Å². The minimum Gasteiger partial charge on any atom is -0.346 e. The Morgan fingerprint density at radius 2 is 1.67 bits per heavy atom. The molecule has 160 valence electrons. The van der Waals surface area contributed by atoms with E-state index in [1.807, 2.05) is 0 Å². The smallest absolute Gasteiger partial charge is 0.255 e. The molecular formula is C19H13Cl5F2N2O2. The van der Waals surface area contributed by atoms with Crippen molar-refractivity contribution in [2.24, 2.45) is 5.92 Å². The van der Waals surface area contributed by atoms with Gasteiger partial charge >= 0.3 is 0 Å². The molecule has 2 amide bonds. The van der Waals surface area contributed by atoms with Gasteiger partial charge in [-0.25, -0.2) is 8.78 Å². The second-order valence-corrected chi connectivity index (χ2v) is 9.34. The van der Waals surface area contributed by atoms with E-state index in [-0.39, 0.29) is 16.3 Å². The molecule has 0 radical (unpaired) electrons. The van der Waals surface area contributed by atoms with Crippen molar-refractivity contribution in [1.29, 1.82) is 0 Å². The molecule has 1 saturated carbocycles. The summed E-state index contributed by atoms with van der Waals surface area (Å²) in [6.45, 7) is -0.821. The van der Waals surface area contributed by atoms with Gasteiger partial charge in [0.15, 0.2) is 0 Å². The highest BCUT2D eigenvalue weighted by Crippen LogP contribution is 2.65.